The molecule has 1 rings (SSSR count). The fraction of sp³-hybridized carbons (Fsp3) is 0.571. The van der Waals surface area contributed by atoms with Gasteiger partial charge in [0.05, 0.1) is 6.26 Å². The molecule has 0 saturated carbocycles. The summed E-state index contributed by atoms with van der Waals surface area (Å²) in [6.07, 6.45) is 1.63. The lowest BCUT2D eigenvalue weighted by Gasteiger charge is -2.22. The summed E-state index contributed by atoms with van der Waals surface area (Å²) in [7, 11) is 0. The van der Waals surface area contributed by atoms with Crippen LogP contribution in [0, 0.1) is 0 Å². The van der Waals surface area contributed by atoms with Crippen molar-refractivity contribution in [3.05, 3.63) is 12.3 Å². The zero-order valence-corrected chi connectivity index (χ0v) is 6.19. The molecule has 11 heavy (non-hydrogen) atoms. The Bertz CT molecular complexity index is 175. The van der Waals surface area contributed by atoms with E-state index >= 15 is 0 Å². The van der Waals surface area contributed by atoms with Gasteiger partial charge in [-0.25, -0.2) is 0 Å². The van der Waals surface area contributed by atoms with Crippen molar-refractivity contribution in [2.24, 2.45) is 0 Å². The van der Waals surface area contributed by atoms with E-state index in [4.69, 9.17) is 14.6 Å². The second kappa shape index (κ2) is 3.39. The van der Waals surface area contributed by atoms with Crippen molar-refractivity contribution >= 4 is 5.97 Å². The predicted octanol–water partition coefficient (Wildman–Crippen LogP) is -0.177. The second-order valence-electron chi connectivity index (χ2n) is 2.30. The molecule has 4 heteroatoms. The van der Waals surface area contributed by atoms with Crippen molar-refractivity contribution < 1.29 is 19.4 Å². The largest absolute Gasteiger partial charge is 0.499 e. The maximum Gasteiger partial charge on any atom is 0.303 e. The van der Waals surface area contributed by atoms with Gasteiger partial charge in [-0.3, -0.25) is 4.79 Å². The molecule has 4 nitrogen and oxygen atoms in total. The Morgan fingerprint density at radius 1 is 1.82 bits per heavy atom. The lowest BCUT2D eigenvalue weighted by atomic mass is 10.2. The van der Waals surface area contributed by atoms with Gasteiger partial charge in [-0.2, -0.15) is 0 Å². The number of aliphatic hydroxyl groups is 1. The molecule has 2 atom stereocenters. The van der Waals surface area contributed by atoms with E-state index in [-0.39, 0.29) is 6.61 Å². The van der Waals surface area contributed by atoms with Crippen LogP contribution >= 0.6 is 0 Å². The molecular weight excluding hydrogens is 148 g/mol. The Hall–Kier alpha value is -1.03. The SMILES string of the molecule is CC(=O)O[C@@H]1C=COC[C@H]1O. The maximum absolute atomic E-state index is 10.4. The van der Waals surface area contributed by atoms with Gasteiger partial charge in [-0.1, -0.05) is 0 Å². The molecule has 0 fully saturated rings. The number of hydrogen-bond acceptors (Lipinski definition) is 4. The van der Waals surface area contributed by atoms with Gasteiger partial charge < -0.3 is 14.6 Å². The van der Waals surface area contributed by atoms with Gasteiger partial charge in [0.25, 0.3) is 0 Å². The highest BCUT2D eigenvalue weighted by atomic mass is 16.6. The van der Waals surface area contributed by atoms with E-state index in [1.165, 1.54) is 19.3 Å². The van der Waals surface area contributed by atoms with Crippen molar-refractivity contribution in [2.45, 2.75) is 19.1 Å². The normalized spacial score (nSPS) is 29.3. The average molecular weight is 158 g/mol. The Morgan fingerprint density at radius 2 is 2.55 bits per heavy atom. The van der Waals surface area contributed by atoms with Crippen LogP contribution in [0.15, 0.2) is 12.3 Å². The summed E-state index contributed by atoms with van der Waals surface area (Å²) >= 11 is 0. The predicted molar refractivity (Wildman–Crippen MR) is 36.7 cm³/mol. The minimum absolute atomic E-state index is 0.175. The Kier molecular flexibility index (Phi) is 2.48. The highest BCUT2D eigenvalue weighted by Gasteiger charge is 2.22. The molecule has 0 aromatic rings. The monoisotopic (exact) mass is 158 g/mol. The number of hydrogen-bond donors (Lipinski definition) is 1. The quantitative estimate of drug-likeness (QED) is 0.538. The van der Waals surface area contributed by atoms with Gasteiger partial charge in [0.15, 0.2) is 6.10 Å². The highest BCUT2D eigenvalue weighted by molar-refractivity contribution is 5.66. The van der Waals surface area contributed by atoms with Crippen LogP contribution < -0.4 is 0 Å². The number of rotatable bonds is 1. The molecule has 0 unspecified atom stereocenters. The first-order valence-corrected chi connectivity index (χ1v) is 3.33. The molecule has 1 heterocycles. The van der Waals surface area contributed by atoms with Crippen LogP contribution in [0.3, 0.4) is 0 Å². The van der Waals surface area contributed by atoms with E-state index in [1.54, 1.807) is 0 Å². The summed E-state index contributed by atoms with van der Waals surface area (Å²) in [6.45, 7) is 1.48. The number of aliphatic hydroxyl groups excluding tert-OH is 1. The van der Waals surface area contributed by atoms with Crippen LogP contribution in [0.1, 0.15) is 6.92 Å². The van der Waals surface area contributed by atoms with Crippen molar-refractivity contribution in [1.82, 2.24) is 0 Å². The van der Waals surface area contributed by atoms with Crippen LogP contribution in [-0.4, -0.2) is 29.9 Å². The van der Waals surface area contributed by atoms with E-state index in [1.807, 2.05) is 0 Å². The topological polar surface area (TPSA) is 55.8 Å². The zero-order valence-electron chi connectivity index (χ0n) is 6.19. The third-order valence-corrected chi connectivity index (χ3v) is 1.31. The fourth-order valence-corrected chi connectivity index (χ4v) is 0.820. The van der Waals surface area contributed by atoms with Gasteiger partial charge in [0, 0.05) is 6.92 Å². The average Bonchev–Trinajstić information content (AvgIpc) is 1.93. The van der Waals surface area contributed by atoms with Crippen molar-refractivity contribution in [3.63, 3.8) is 0 Å². The molecule has 1 aliphatic rings. The van der Waals surface area contributed by atoms with Crippen LogP contribution in [0.25, 0.3) is 0 Å². The molecule has 0 spiro atoms. The van der Waals surface area contributed by atoms with E-state index in [0.717, 1.165) is 0 Å². The van der Waals surface area contributed by atoms with Crippen molar-refractivity contribution in [2.75, 3.05) is 6.61 Å². The lowest BCUT2D eigenvalue weighted by Crippen LogP contribution is -2.34. The highest BCUT2D eigenvalue weighted by Crippen LogP contribution is 2.08. The van der Waals surface area contributed by atoms with E-state index in [0.29, 0.717) is 0 Å². The molecular formula is C7H10O4. The summed E-state index contributed by atoms with van der Waals surface area (Å²) in [4.78, 5) is 10.4. The molecule has 0 aromatic heterocycles. The van der Waals surface area contributed by atoms with E-state index < -0.39 is 18.2 Å². The summed E-state index contributed by atoms with van der Waals surface area (Å²) < 4.78 is 9.52. The summed E-state index contributed by atoms with van der Waals surface area (Å²) in [6, 6.07) is 0. The standard InChI is InChI=1S/C7H10O4/c1-5(8)11-7-2-3-10-4-6(7)9/h2-3,6-7,9H,4H2,1H3/t6-,7-/m1/s1. The van der Waals surface area contributed by atoms with Gasteiger partial charge in [-0.05, 0) is 6.08 Å². The summed E-state index contributed by atoms with van der Waals surface area (Å²) in [5.41, 5.74) is 0. The minimum Gasteiger partial charge on any atom is -0.499 e. The minimum atomic E-state index is -0.746. The smallest absolute Gasteiger partial charge is 0.303 e. The van der Waals surface area contributed by atoms with Crippen LogP contribution in [0.4, 0.5) is 0 Å². The van der Waals surface area contributed by atoms with Gasteiger partial charge in [0.2, 0.25) is 0 Å². The van der Waals surface area contributed by atoms with Crippen LogP contribution in [0.5, 0.6) is 0 Å². The van der Waals surface area contributed by atoms with E-state index in [2.05, 4.69) is 0 Å². The second-order valence-corrected chi connectivity index (χ2v) is 2.30. The Morgan fingerprint density at radius 3 is 3.09 bits per heavy atom. The number of carbonyl (C=O) groups is 1. The lowest BCUT2D eigenvalue weighted by molar-refractivity contribution is -0.151. The molecule has 0 amide bonds. The zero-order chi connectivity index (χ0) is 8.27. The molecule has 0 saturated heterocycles. The Balaban J connectivity index is 2.48. The Labute approximate surface area is 64.4 Å². The summed E-state index contributed by atoms with van der Waals surface area (Å²) in [5.74, 6) is -0.402. The number of ether oxygens (including phenoxy) is 2. The maximum atomic E-state index is 10.4. The molecule has 0 aliphatic carbocycles. The first-order valence-electron chi connectivity index (χ1n) is 3.33. The fourth-order valence-electron chi connectivity index (χ4n) is 0.820. The van der Waals surface area contributed by atoms with Crippen LogP contribution in [-0.2, 0) is 14.3 Å². The molecule has 0 aromatic carbocycles. The first kappa shape index (κ1) is 8.07. The third kappa shape index (κ3) is 2.23. The number of esters is 1. The van der Waals surface area contributed by atoms with Gasteiger partial charge in [-0.15, -0.1) is 0 Å². The van der Waals surface area contributed by atoms with Gasteiger partial charge in [0.1, 0.15) is 12.7 Å². The first-order chi connectivity index (χ1) is 5.20. The third-order valence-electron chi connectivity index (χ3n) is 1.31. The molecule has 0 bridgehead atoms. The number of carbonyl (C=O) groups excluding carboxylic acids is 1. The van der Waals surface area contributed by atoms with Crippen molar-refractivity contribution in [3.8, 4) is 0 Å². The summed E-state index contributed by atoms with van der Waals surface area (Å²) in [5, 5.41) is 9.16. The van der Waals surface area contributed by atoms with Crippen LogP contribution in [0.2, 0.25) is 0 Å². The van der Waals surface area contributed by atoms with E-state index in [9.17, 15) is 4.79 Å². The molecule has 1 aliphatic heterocycles. The molecule has 62 valence electrons. The van der Waals surface area contributed by atoms with Gasteiger partial charge >= 0.3 is 5.97 Å². The molecule has 1 N–H and O–H groups in total. The van der Waals surface area contributed by atoms with Crippen molar-refractivity contribution in [1.29, 1.82) is 0 Å². The molecule has 0 radical (unpaired) electrons.